The van der Waals surface area contributed by atoms with E-state index in [1.165, 1.54) is 5.56 Å². The predicted octanol–water partition coefficient (Wildman–Crippen LogP) is 2.39. The Morgan fingerprint density at radius 1 is 1.47 bits per heavy atom. The van der Waals surface area contributed by atoms with Crippen LogP contribution in [0.25, 0.3) is 0 Å². The molecule has 0 aromatic heterocycles. The van der Waals surface area contributed by atoms with Gasteiger partial charge in [-0.15, -0.1) is 0 Å². The molecule has 1 aliphatic heterocycles. The van der Waals surface area contributed by atoms with E-state index in [-0.39, 0.29) is 5.91 Å². The third kappa shape index (κ3) is 1.80. The lowest BCUT2D eigenvalue weighted by Gasteiger charge is -2.04. The predicted molar refractivity (Wildman–Crippen MR) is 60.8 cm³/mol. The number of rotatable bonds is 2. The summed E-state index contributed by atoms with van der Waals surface area (Å²) >= 11 is 0. The Morgan fingerprint density at radius 2 is 2.27 bits per heavy atom. The molecule has 0 N–H and O–H groups in total. The fourth-order valence-electron chi connectivity index (χ4n) is 1.90. The highest BCUT2D eigenvalue weighted by Gasteiger charge is 2.23. The topological polar surface area (TPSA) is 20.3 Å². The molecule has 1 aromatic carbocycles. The fraction of sp³-hybridized carbons (Fsp3) is 0.308. The highest BCUT2D eigenvalue weighted by molar-refractivity contribution is 5.98. The van der Waals surface area contributed by atoms with Gasteiger partial charge in [0.15, 0.2) is 0 Å². The van der Waals surface area contributed by atoms with E-state index in [9.17, 15) is 4.79 Å². The molecule has 1 amide bonds. The van der Waals surface area contributed by atoms with Crippen LogP contribution in [0.5, 0.6) is 0 Å². The van der Waals surface area contributed by atoms with Gasteiger partial charge in [-0.1, -0.05) is 24.3 Å². The number of carbonyl (C=O) groups is 1. The Hall–Kier alpha value is -1.57. The summed E-state index contributed by atoms with van der Waals surface area (Å²) in [5.41, 5.74) is 3.29. The van der Waals surface area contributed by atoms with Crippen LogP contribution in [0.2, 0.25) is 0 Å². The molecule has 0 aliphatic carbocycles. The van der Waals surface area contributed by atoms with Gasteiger partial charge in [0.25, 0.3) is 5.91 Å². The summed E-state index contributed by atoms with van der Waals surface area (Å²) in [6.07, 6.45) is 5.12. The van der Waals surface area contributed by atoms with Gasteiger partial charge in [0.1, 0.15) is 0 Å². The Kier molecular flexibility index (Phi) is 2.58. The van der Waals surface area contributed by atoms with Gasteiger partial charge in [-0.05, 0) is 30.5 Å². The van der Waals surface area contributed by atoms with Crippen molar-refractivity contribution in [2.75, 3.05) is 7.05 Å². The zero-order chi connectivity index (χ0) is 10.8. The first-order valence-electron chi connectivity index (χ1n) is 5.21. The Labute approximate surface area is 90.2 Å². The fourth-order valence-corrected chi connectivity index (χ4v) is 1.90. The lowest BCUT2D eigenvalue weighted by molar-refractivity contribution is 0.0816. The Bertz CT molecular complexity index is 421. The van der Waals surface area contributed by atoms with Crippen LogP contribution in [0.4, 0.5) is 0 Å². The molecule has 1 heterocycles. The first-order chi connectivity index (χ1) is 7.22. The molecule has 0 unspecified atom stereocenters. The molecular formula is C13H15NO. The number of allylic oxidation sites excluding steroid dienone is 2. The molecule has 0 radical (unpaired) electrons. The number of hydrogen-bond acceptors (Lipinski definition) is 1. The number of nitrogens with zero attached hydrogens (tertiary/aromatic N) is 1. The van der Waals surface area contributed by atoms with Gasteiger partial charge in [0.05, 0.1) is 0 Å². The maximum Gasteiger partial charge on any atom is 0.254 e. The largest absolute Gasteiger partial charge is 0.337 e. The SMILES string of the molecule is C/C=C/Cc1ccc2c(c1)CN(C)C2=O. The second kappa shape index (κ2) is 3.89. The molecule has 2 heteroatoms. The van der Waals surface area contributed by atoms with Gasteiger partial charge < -0.3 is 4.90 Å². The van der Waals surface area contributed by atoms with Gasteiger partial charge in [0, 0.05) is 19.2 Å². The van der Waals surface area contributed by atoms with E-state index in [2.05, 4.69) is 12.1 Å². The van der Waals surface area contributed by atoms with E-state index in [0.717, 1.165) is 24.1 Å². The molecule has 2 rings (SSSR count). The van der Waals surface area contributed by atoms with Gasteiger partial charge in [0.2, 0.25) is 0 Å². The molecule has 2 nitrogen and oxygen atoms in total. The van der Waals surface area contributed by atoms with Crippen LogP contribution in [0, 0.1) is 0 Å². The first kappa shape index (κ1) is 9.97. The molecular weight excluding hydrogens is 186 g/mol. The smallest absolute Gasteiger partial charge is 0.254 e. The van der Waals surface area contributed by atoms with Crippen LogP contribution in [0.3, 0.4) is 0 Å². The minimum absolute atomic E-state index is 0.141. The molecule has 0 saturated heterocycles. The van der Waals surface area contributed by atoms with E-state index in [1.54, 1.807) is 4.90 Å². The van der Waals surface area contributed by atoms with Crippen molar-refractivity contribution in [1.29, 1.82) is 0 Å². The van der Waals surface area contributed by atoms with Crippen molar-refractivity contribution in [2.45, 2.75) is 19.9 Å². The molecule has 0 spiro atoms. The van der Waals surface area contributed by atoms with Crippen LogP contribution >= 0.6 is 0 Å². The quantitative estimate of drug-likeness (QED) is 0.673. The monoisotopic (exact) mass is 201 g/mol. The minimum atomic E-state index is 0.141. The molecule has 0 atom stereocenters. The van der Waals surface area contributed by atoms with Crippen LogP contribution in [0.1, 0.15) is 28.4 Å². The third-order valence-electron chi connectivity index (χ3n) is 2.74. The van der Waals surface area contributed by atoms with E-state index < -0.39 is 0 Å². The van der Waals surface area contributed by atoms with Crippen molar-refractivity contribution in [2.24, 2.45) is 0 Å². The minimum Gasteiger partial charge on any atom is -0.337 e. The molecule has 1 aliphatic rings. The average molecular weight is 201 g/mol. The molecule has 0 fully saturated rings. The van der Waals surface area contributed by atoms with Crippen molar-refractivity contribution >= 4 is 5.91 Å². The second-order valence-corrected chi connectivity index (χ2v) is 3.93. The lowest BCUT2D eigenvalue weighted by atomic mass is 10.0. The van der Waals surface area contributed by atoms with Crippen LogP contribution in [-0.2, 0) is 13.0 Å². The highest BCUT2D eigenvalue weighted by atomic mass is 16.2. The number of benzene rings is 1. The third-order valence-corrected chi connectivity index (χ3v) is 2.74. The highest BCUT2D eigenvalue weighted by Crippen LogP contribution is 2.22. The van der Waals surface area contributed by atoms with Crippen molar-refractivity contribution in [3.8, 4) is 0 Å². The molecule has 0 bridgehead atoms. The summed E-state index contributed by atoms with van der Waals surface area (Å²) in [6, 6.07) is 6.12. The first-order valence-corrected chi connectivity index (χ1v) is 5.21. The maximum absolute atomic E-state index is 11.6. The standard InChI is InChI=1S/C13H15NO/c1-3-4-5-10-6-7-12-11(8-10)9-14(2)13(12)15/h3-4,6-8H,5,9H2,1-2H3/b4-3+. The van der Waals surface area contributed by atoms with E-state index in [4.69, 9.17) is 0 Å². The molecule has 15 heavy (non-hydrogen) atoms. The van der Waals surface area contributed by atoms with E-state index >= 15 is 0 Å². The van der Waals surface area contributed by atoms with Crippen molar-refractivity contribution in [3.63, 3.8) is 0 Å². The molecule has 78 valence electrons. The summed E-state index contributed by atoms with van der Waals surface area (Å²) in [4.78, 5) is 13.4. The summed E-state index contributed by atoms with van der Waals surface area (Å²) in [5, 5.41) is 0. The number of amides is 1. The van der Waals surface area contributed by atoms with Gasteiger partial charge in [-0.25, -0.2) is 0 Å². The van der Waals surface area contributed by atoms with E-state index in [0.29, 0.717) is 0 Å². The van der Waals surface area contributed by atoms with Crippen molar-refractivity contribution in [1.82, 2.24) is 4.90 Å². The van der Waals surface area contributed by atoms with Gasteiger partial charge >= 0.3 is 0 Å². The number of carbonyl (C=O) groups excluding carboxylic acids is 1. The number of hydrogen-bond donors (Lipinski definition) is 0. The Morgan fingerprint density at radius 3 is 3.00 bits per heavy atom. The summed E-state index contributed by atoms with van der Waals surface area (Å²) < 4.78 is 0. The summed E-state index contributed by atoms with van der Waals surface area (Å²) in [7, 11) is 1.84. The summed E-state index contributed by atoms with van der Waals surface area (Å²) in [5.74, 6) is 0.141. The average Bonchev–Trinajstić information content (AvgIpc) is 2.52. The number of fused-ring (bicyclic) bond motifs is 1. The van der Waals surface area contributed by atoms with Crippen LogP contribution in [0.15, 0.2) is 30.4 Å². The van der Waals surface area contributed by atoms with Gasteiger partial charge in [-0.2, -0.15) is 0 Å². The normalized spacial score (nSPS) is 15.1. The summed E-state index contributed by atoms with van der Waals surface area (Å²) in [6.45, 7) is 2.77. The molecule has 1 aromatic rings. The second-order valence-electron chi connectivity index (χ2n) is 3.93. The zero-order valence-corrected chi connectivity index (χ0v) is 9.16. The zero-order valence-electron chi connectivity index (χ0n) is 9.16. The maximum atomic E-state index is 11.6. The Balaban J connectivity index is 2.29. The van der Waals surface area contributed by atoms with Crippen LogP contribution in [-0.4, -0.2) is 17.9 Å². The van der Waals surface area contributed by atoms with E-state index in [1.807, 2.05) is 32.2 Å². The van der Waals surface area contributed by atoms with Crippen LogP contribution < -0.4 is 0 Å². The molecule has 0 saturated carbocycles. The van der Waals surface area contributed by atoms with Crippen molar-refractivity contribution < 1.29 is 4.79 Å². The van der Waals surface area contributed by atoms with Crippen molar-refractivity contribution in [3.05, 3.63) is 47.0 Å². The lowest BCUT2D eigenvalue weighted by Crippen LogP contribution is -2.17. The van der Waals surface area contributed by atoms with Gasteiger partial charge in [-0.3, -0.25) is 4.79 Å².